The number of benzene rings is 1. The molecule has 0 bridgehead atoms. The van der Waals surface area contributed by atoms with E-state index in [1.165, 1.54) is 0 Å². The van der Waals surface area contributed by atoms with Crippen molar-refractivity contribution >= 4 is 12.6 Å². The van der Waals surface area contributed by atoms with Gasteiger partial charge in [-0.15, -0.1) is 0 Å². The molecule has 1 heterocycles. The summed E-state index contributed by atoms with van der Waals surface area (Å²) in [7, 11) is 0. The van der Waals surface area contributed by atoms with Crippen LogP contribution >= 0.6 is 12.6 Å². The SMILES string of the molecule is O=NC(Cc1ccncc1)c1ccc(CS)cc1. The summed E-state index contributed by atoms with van der Waals surface area (Å²) in [5.41, 5.74) is 3.14. The minimum absolute atomic E-state index is 0.346. The van der Waals surface area contributed by atoms with E-state index in [9.17, 15) is 4.91 Å². The molecule has 0 fully saturated rings. The van der Waals surface area contributed by atoms with Gasteiger partial charge in [-0.3, -0.25) is 4.98 Å². The monoisotopic (exact) mass is 258 g/mol. The number of hydrogen-bond acceptors (Lipinski definition) is 4. The van der Waals surface area contributed by atoms with Crippen LogP contribution in [0.25, 0.3) is 0 Å². The predicted molar refractivity (Wildman–Crippen MR) is 75.6 cm³/mol. The summed E-state index contributed by atoms with van der Waals surface area (Å²) in [6.07, 6.45) is 4.05. The molecule has 0 aliphatic rings. The lowest BCUT2D eigenvalue weighted by Crippen LogP contribution is -2.00. The molecule has 0 aliphatic heterocycles. The van der Waals surface area contributed by atoms with E-state index >= 15 is 0 Å². The molecule has 0 saturated heterocycles. The summed E-state index contributed by atoms with van der Waals surface area (Å²) in [5.74, 6) is 0.698. The Labute approximate surface area is 112 Å². The van der Waals surface area contributed by atoms with Crippen LogP contribution in [0.4, 0.5) is 0 Å². The second-order valence-corrected chi connectivity index (χ2v) is 4.40. The highest BCUT2D eigenvalue weighted by Crippen LogP contribution is 2.22. The Morgan fingerprint density at radius 3 is 2.28 bits per heavy atom. The Morgan fingerprint density at radius 2 is 1.72 bits per heavy atom. The molecular formula is C14H14N2OS. The van der Waals surface area contributed by atoms with E-state index in [0.29, 0.717) is 12.2 Å². The smallest absolute Gasteiger partial charge is 0.121 e. The first-order valence-corrected chi connectivity index (χ1v) is 6.38. The van der Waals surface area contributed by atoms with E-state index in [1.54, 1.807) is 12.4 Å². The number of pyridine rings is 1. The molecule has 1 aromatic carbocycles. The van der Waals surface area contributed by atoms with Gasteiger partial charge in [0.05, 0.1) is 0 Å². The first kappa shape index (κ1) is 12.8. The van der Waals surface area contributed by atoms with Crippen molar-refractivity contribution in [1.82, 2.24) is 4.98 Å². The van der Waals surface area contributed by atoms with E-state index in [2.05, 4.69) is 22.8 Å². The predicted octanol–water partition coefficient (Wildman–Crippen LogP) is 3.56. The second-order valence-electron chi connectivity index (χ2n) is 4.08. The standard InChI is InChI=1S/C14H14N2OS/c17-16-14(9-11-5-7-15-8-6-11)13-3-1-12(10-18)2-4-13/h1-8,14,18H,9-10H2. The molecule has 18 heavy (non-hydrogen) atoms. The van der Waals surface area contributed by atoms with Crippen molar-refractivity contribution in [3.8, 4) is 0 Å². The quantitative estimate of drug-likeness (QED) is 0.658. The van der Waals surface area contributed by atoms with Crippen LogP contribution in [0.3, 0.4) is 0 Å². The second kappa shape index (κ2) is 6.31. The highest BCUT2D eigenvalue weighted by atomic mass is 32.1. The van der Waals surface area contributed by atoms with Crippen LogP contribution in [-0.4, -0.2) is 4.98 Å². The molecule has 2 aromatic rings. The maximum Gasteiger partial charge on any atom is 0.121 e. The molecule has 92 valence electrons. The van der Waals surface area contributed by atoms with Gasteiger partial charge in [0.15, 0.2) is 0 Å². The molecule has 3 nitrogen and oxygen atoms in total. The topological polar surface area (TPSA) is 42.3 Å². The lowest BCUT2D eigenvalue weighted by atomic mass is 9.99. The molecule has 1 aromatic heterocycles. The summed E-state index contributed by atoms with van der Waals surface area (Å²) in [6.45, 7) is 0. The summed E-state index contributed by atoms with van der Waals surface area (Å²) in [5, 5.41) is 3.22. The molecule has 0 spiro atoms. The Bertz CT molecular complexity index is 499. The largest absolute Gasteiger partial charge is 0.265 e. The van der Waals surface area contributed by atoms with Crippen LogP contribution in [0.5, 0.6) is 0 Å². The molecule has 0 saturated carbocycles. The molecule has 4 heteroatoms. The van der Waals surface area contributed by atoms with Crippen LogP contribution in [0.1, 0.15) is 22.7 Å². The molecule has 1 unspecified atom stereocenters. The first-order chi connectivity index (χ1) is 8.83. The van der Waals surface area contributed by atoms with Gasteiger partial charge in [0, 0.05) is 24.6 Å². The Kier molecular flexibility index (Phi) is 4.47. The van der Waals surface area contributed by atoms with Crippen molar-refractivity contribution in [3.05, 3.63) is 70.4 Å². The van der Waals surface area contributed by atoms with Crippen molar-refractivity contribution < 1.29 is 0 Å². The molecule has 0 amide bonds. The van der Waals surface area contributed by atoms with Crippen molar-refractivity contribution in [1.29, 1.82) is 0 Å². The molecule has 1 atom stereocenters. The highest BCUT2D eigenvalue weighted by Gasteiger charge is 2.12. The maximum absolute atomic E-state index is 11.0. The minimum Gasteiger partial charge on any atom is -0.265 e. The molecule has 0 N–H and O–H groups in total. The lowest BCUT2D eigenvalue weighted by Gasteiger charge is -2.10. The van der Waals surface area contributed by atoms with Gasteiger partial charge in [0.25, 0.3) is 0 Å². The lowest BCUT2D eigenvalue weighted by molar-refractivity contribution is 0.717. The number of hydrogen-bond donors (Lipinski definition) is 1. The fourth-order valence-electron chi connectivity index (χ4n) is 1.80. The highest BCUT2D eigenvalue weighted by molar-refractivity contribution is 7.79. The Morgan fingerprint density at radius 1 is 1.06 bits per heavy atom. The summed E-state index contributed by atoms with van der Waals surface area (Å²) in [4.78, 5) is 14.9. The van der Waals surface area contributed by atoms with Gasteiger partial charge in [0.2, 0.25) is 0 Å². The number of rotatable bonds is 5. The van der Waals surface area contributed by atoms with Crippen molar-refractivity contribution in [2.24, 2.45) is 5.18 Å². The van der Waals surface area contributed by atoms with E-state index in [4.69, 9.17) is 0 Å². The van der Waals surface area contributed by atoms with E-state index in [0.717, 1.165) is 16.7 Å². The Balaban J connectivity index is 2.15. The minimum atomic E-state index is -0.346. The third kappa shape index (κ3) is 3.17. The maximum atomic E-state index is 11.0. The van der Waals surface area contributed by atoms with Crippen molar-refractivity contribution in [2.75, 3.05) is 0 Å². The number of thiol groups is 1. The van der Waals surface area contributed by atoms with Crippen LogP contribution in [0.15, 0.2) is 54.0 Å². The summed E-state index contributed by atoms with van der Waals surface area (Å²) in [6, 6.07) is 11.3. The molecular weight excluding hydrogens is 244 g/mol. The number of aromatic nitrogens is 1. The van der Waals surface area contributed by atoms with E-state index in [1.807, 2.05) is 36.4 Å². The van der Waals surface area contributed by atoms with Gasteiger partial charge in [-0.1, -0.05) is 29.4 Å². The third-order valence-electron chi connectivity index (χ3n) is 2.85. The Hall–Kier alpha value is -1.68. The van der Waals surface area contributed by atoms with E-state index < -0.39 is 0 Å². The van der Waals surface area contributed by atoms with Crippen molar-refractivity contribution in [3.63, 3.8) is 0 Å². The third-order valence-corrected chi connectivity index (χ3v) is 3.22. The van der Waals surface area contributed by atoms with Crippen molar-refractivity contribution in [2.45, 2.75) is 18.2 Å². The normalized spacial score (nSPS) is 12.1. The van der Waals surface area contributed by atoms with Gasteiger partial charge in [-0.05, 0) is 28.8 Å². The van der Waals surface area contributed by atoms with Gasteiger partial charge in [-0.2, -0.15) is 17.5 Å². The van der Waals surface area contributed by atoms with Gasteiger partial charge in [0.1, 0.15) is 6.04 Å². The van der Waals surface area contributed by atoms with Crippen LogP contribution in [0.2, 0.25) is 0 Å². The van der Waals surface area contributed by atoms with E-state index in [-0.39, 0.29) is 6.04 Å². The first-order valence-electron chi connectivity index (χ1n) is 5.74. The summed E-state index contributed by atoms with van der Waals surface area (Å²) < 4.78 is 0. The van der Waals surface area contributed by atoms with Gasteiger partial charge in [-0.25, -0.2) is 0 Å². The molecule has 0 aliphatic carbocycles. The van der Waals surface area contributed by atoms with Gasteiger partial charge >= 0.3 is 0 Å². The fourth-order valence-corrected chi connectivity index (χ4v) is 2.01. The number of nitroso groups, excluding NO2 is 1. The zero-order chi connectivity index (χ0) is 12.8. The van der Waals surface area contributed by atoms with Crippen LogP contribution in [0, 0.1) is 4.91 Å². The molecule has 0 radical (unpaired) electrons. The number of nitrogens with zero attached hydrogens (tertiary/aromatic N) is 2. The van der Waals surface area contributed by atoms with Crippen LogP contribution < -0.4 is 0 Å². The zero-order valence-corrected chi connectivity index (χ0v) is 10.8. The average molecular weight is 258 g/mol. The van der Waals surface area contributed by atoms with Crippen LogP contribution in [-0.2, 0) is 12.2 Å². The fraction of sp³-hybridized carbons (Fsp3) is 0.214. The molecule has 2 rings (SSSR count). The summed E-state index contributed by atoms with van der Waals surface area (Å²) >= 11 is 4.21. The zero-order valence-electron chi connectivity index (χ0n) is 9.86. The average Bonchev–Trinajstić information content (AvgIpc) is 2.46. The van der Waals surface area contributed by atoms with Gasteiger partial charge < -0.3 is 0 Å².